The highest BCUT2D eigenvalue weighted by Gasteiger charge is 2.15. The Morgan fingerprint density at radius 3 is 2.93 bits per heavy atom. The minimum Gasteiger partial charge on any atom is -0.454 e. The highest BCUT2D eigenvalue weighted by molar-refractivity contribution is 5.45. The van der Waals surface area contributed by atoms with Crippen LogP contribution < -0.4 is 20.7 Å². The molecule has 1 aromatic rings. The third-order valence-corrected chi connectivity index (χ3v) is 2.41. The largest absolute Gasteiger partial charge is 0.454 e. The molecule has 4 heteroatoms. The molecule has 0 aliphatic carbocycles. The maximum atomic E-state index is 5.44. The lowest BCUT2D eigenvalue weighted by Crippen LogP contribution is -2.27. The van der Waals surface area contributed by atoms with Crippen LogP contribution in [0, 0.1) is 0 Å². The van der Waals surface area contributed by atoms with Gasteiger partial charge in [0.1, 0.15) is 0 Å². The average molecular weight is 194 g/mol. The Morgan fingerprint density at radius 2 is 2.21 bits per heavy atom. The minimum absolute atomic E-state index is 0.171. The van der Waals surface area contributed by atoms with E-state index in [-0.39, 0.29) is 6.04 Å². The summed E-state index contributed by atoms with van der Waals surface area (Å²) in [6.07, 6.45) is 0.941. The fourth-order valence-electron chi connectivity index (χ4n) is 1.58. The first kappa shape index (κ1) is 9.30. The Morgan fingerprint density at radius 1 is 1.43 bits per heavy atom. The van der Waals surface area contributed by atoms with Gasteiger partial charge in [-0.25, -0.2) is 0 Å². The molecule has 1 atom stereocenters. The molecule has 0 radical (unpaired) electrons. The van der Waals surface area contributed by atoms with Gasteiger partial charge >= 0.3 is 0 Å². The number of ether oxygens (including phenoxy) is 2. The molecule has 0 saturated heterocycles. The molecule has 0 fully saturated rings. The topological polar surface area (TPSA) is 56.5 Å². The number of nitrogens with two attached hydrogens (primary N) is 1. The van der Waals surface area contributed by atoms with Crippen LogP contribution in [0.2, 0.25) is 0 Å². The summed E-state index contributed by atoms with van der Waals surface area (Å²) in [5.74, 6) is 7.05. The van der Waals surface area contributed by atoms with Crippen LogP contribution in [-0.2, 0) is 0 Å². The summed E-state index contributed by atoms with van der Waals surface area (Å²) in [6, 6.07) is 6.06. The van der Waals surface area contributed by atoms with E-state index in [0.717, 1.165) is 23.5 Å². The maximum absolute atomic E-state index is 5.44. The highest BCUT2D eigenvalue weighted by Crippen LogP contribution is 2.34. The SMILES string of the molecule is CC[C@@H](NN)c1ccc2c(c1)OCO2. The van der Waals surface area contributed by atoms with E-state index < -0.39 is 0 Å². The van der Waals surface area contributed by atoms with Crippen molar-refractivity contribution in [2.45, 2.75) is 19.4 Å². The Bertz CT molecular complexity index is 324. The minimum atomic E-state index is 0.171. The lowest BCUT2D eigenvalue weighted by atomic mass is 10.0. The molecule has 1 aliphatic rings. The number of fused-ring (bicyclic) bond motifs is 1. The molecule has 0 unspecified atom stereocenters. The summed E-state index contributed by atoms with van der Waals surface area (Å²) in [5.41, 5.74) is 3.89. The summed E-state index contributed by atoms with van der Waals surface area (Å²) < 4.78 is 10.5. The van der Waals surface area contributed by atoms with Gasteiger partial charge in [0.05, 0.1) is 0 Å². The van der Waals surface area contributed by atoms with Crippen LogP contribution in [0.3, 0.4) is 0 Å². The second-order valence-corrected chi connectivity index (χ2v) is 3.24. The van der Waals surface area contributed by atoms with Crippen molar-refractivity contribution in [2.75, 3.05) is 6.79 Å². The molecule has 0 amide bonds. The standard InChI is InChI=1S/C10H14N2O2/c1-2-8(12-11)7-3-4-9-10(5-7)14-6-13-9/h3-5,8,12H,2,6,11H2,1H3/t8-/m1/s1. The van der Waals surface area contributed by atoms with Crippen LogP contribution in [0.5, 0.6) is 11.5 Å². The highest BCUT2D eigenvalue weighted by atomic mass is 16.7. The maximum Gasteiger partial charge on any atom is 0.231 e. The number of benzene rings is 1. The lowest BCUT2D eigenvalue weighted by Gasteiger charge is -2.13. The van der Waals surface area contributed by atoms with Crippen molar-refractivity contribution in [2.24, 2.45) is 5.84 Å². The quantitative estimate of drug-likeness (QED) is 0.563. The van der Waals surface area contributed by atoms with Crippen LogP contribution in [0.25, 0.3) is 0 Å². The molecule has 1 aromatic carbocycles. The van der Waals surface area contributed by atoms with Crippen molar-refractivity contribution >= 4 is 0 Å². The Balaban J connectivity index is 2.27. The molecule has 0 spiro atoms. The third-order valence-electron chi connectivity index (χ3n) is 2.41. The normalized spacial score (nSPS) is 15.6. The molecule has 0 aromatic heterocycles. The average Bonchev–Trinajstić information content (AvgIpc) is 2.66. The first-order valence-corrected chi connectivity index (χ1v) is 4.71. The lowest BCUT2D eigenvalue weighted by molar-refractivity contribution is 0.174. The first-order valence-electron chi connectivity index (χ1n) is 4.71. The van der Waals surface area contributed by atoms with Gasteiger partial charge in [-0.3, -0.25) is 11.3 Å². The Kier molecular flexibility index (Phi) is 2.56. The van der Waals surface area contributed by atoms with Crippen molar-refractivity contribution in [3.8, 4) is 11.5 Å². The molecule has 76 valence electrons. The first-order chi connectivity index (χ1) is 6.85. The molecule has 1 aliphatic heterocycles. The molecule has 14 heavy (non-hydrogen) atoms. The van der Waals surface area contributed by atoms with Crippen LogP contribution >= 0.6 is 0 Å². The van der Waals surface area contributed by atoms with Gasteiger partial charge in [-0.05, 0) is 24.1 Å². The van der Waals surface area contributed by atoms with Crippen LogP contribution in [0.1, 0.15) is 24.9 Å². The molecular formula is C10H14N2O2. The van der Waals surface area contributed by atoms with E-state index in [2.05, 4.69) is 12.3 Å². The van der Waals surface area contributed by atoms with Crippen LogP contribution in [0.4, 0.5) is 0 Å². The zero-order chi connectivity index (χ0) is 9.97. The molecule has 1 heterocycles. The fraction of sp³-hybridized carbons (Fsp3) is 0.400. The molecule has 3 N–H and O–H groups in total. The van der Waals surface area contributed by atoms with E-state index in [0.29, 0.717) is 6.79 Å². The van der Waals surface area contributed by atoms with E-state index in [9.17, 15) is 0 Å². The number of nitrogens with one attached hydrogen (secondary N) is 1. The van der Waals surface area contributed by atoms with Gasteiger partial charge in [-0.1, -0.05) is 13.0 Å². The fourth-order valence-corrected chi connectivity index (χ4v) is 1.58. The number of hydrogen-bond donors (Lipinski definition) is 2. The van der Waals surface area contributed by atoms with E-state index in [1.54, 1.807) is 0 Å². The third kappa shape index (κ3) is 1.54. The van der Waals surface area contributed by atoms with Crippen molar-refractivity contribution < 1.29 is 9.47 Å². The van der Waals surface area contributed by atoms with Gasteiger partial charge in [0.15, 0.2) is 11.5 Å². The van der Waals surface area contributed by atoms with Crippen molar-refractivity contribution in [1.82, 2.24) is 5.43 Å². The summed E-state index contributed by atoms with van der Waals surface area (Å²) in [4.78, 5) is 0. The van der Waals surface area contributed by atoms with E-state index in [4.69, 9.17) is 15.3 Å². The summed E-state index contributed by atoms with van der Waals surface area (Å²) in [6.45, 7) is 2.39. The Hall–Kier alpha value is -1.26. The second-order valence-electron chi connectivity index (χ2n) is 3.24. The summed E-state index contributed by atoms with van der Waals surface area (Å²) in [5, 5.41) is 0. The predicted octanol–water partition coefficient (Wildman–Crippen LogP) is 1.33. The van der Waals surface area contributed by atoms with E-state index >= 15 is 0 Å². The second kappa shape index (κ2) is 3.86. The van der Waals surface area contributed by atoms with Crippen LogP contribution in [0.15, 0.2) is 18.2 Å². The molecular weight excluding hydrogens is 180 g/mol. The smallest absolute Gasteiger partial charge is 0.231 e. The van der Waals surface area contributed by atoms with E-state index in [1.165, 1.54) is 0 Å². The molecule has 4 nitrogen and oxygen atoms in total. The monoisotopic (exact) mass is 194 g/mol. The summed E-state index contributed by atoms with van der Waals surface area (Å²) >= 11 is 0. The van der Waals surface area contributed by atoms with Gasteiger partial charge in [-0.15, -0.1) is 0 Å². The number of hydrogen-bond acceptors (Lipinski definition) is 4. The predicted molar refractivity (Wildman–Crippen MR) is 52.9 cm³/mol. The van der Waals surface area contributed by atoms with Gasteiger partial charge < -0.3 is 9.47 Å². The molecule has 0 saturated carbocycles. The van der Waals surface area contributed by atoms with Gasteiger partial charge in [0.2, 0.25) is 6.79 Å². The molecule has 0 bridgehead atoms. The zero-order valence-corrected chi connectivity index (χ0v) is 8.12. The zero-order valence-electron chi connectivity index (χ0n) is 8.12. The number of hydrazine groups is 1. The van der Waals surface area contributed by atoms with Gasteiger partial charge in [-0.2, -0.15) is 0 Å². The van der Waals surface area contributed by atoms with Crippen molar-refractivity contribution in [3.63, 3.8) is 0 Å². The Labute approximate surface area is 83.0 Å². The number of rotatable bonds is 3. The van der Waals surface area contributed by atoms with Crippen LogP contribution in [-0.4, -0.2) is 6.79 Å². The van der Waals surface area contributed by atoms with Gasteiger partial charge in [0, 0.05) is 6.04 Å². The van der Waals surface area contributed by atoms with E-state index in [1.807, 2.05) is 18.2 Å². The molecule has 2 rings (SSSR count). The van der Waals surface area contributed by atoms with Crippen molar-refractivity contribution in [3.05, 3.63) is 23.8 Å². The van der Waals surface area contributed by atoms with Gasteiger partial charge in [0.25, 0.3) is 0 Å². The van der Waals surface area contributed by atoms with Crippen molar-refractivity contribution in [1.29, 1.82) is 0 Å². The summed E-state index contributed by atoms with van der Waals surface area (Å²) in [7, 11) is 0.